The van der Waals surface area contributed by atoms with Crippen LogP contribution in [0.5, 0.6) is 0 Å². The second kappa shape index (κ2) is 4.92. The number of nitrogen functional groups attached to an aromatic ring is 1. The van der Waals surface area contributed by atoms with Gasteiger partial charge in [-0.15, -0.1) is 0 Å². The molecule has 0 aromatic carbocycles. The minimum absolute atomic E-state index is 0.0520. The molecule has 0 spiro atoms. The minimum atomic E-state index is 0.0520. The highest BCUT2D eigenvalue weighted by molar-refractivity contribution is 6.28. The molecule has 1 aromatic heterocycles. The third kappa shape index (κ3) is 3.31. The molecule has 0 saturated heterocycles. The van der Waals surface area contributed by atoms with Crippen molar-refractivity contribution in [2.45, 2.75) is 19.4 Å². The fraction of sp³-hybridized carbons (Fsp3) is 0.571. The molecule has 6 nitrogen and oxygen atoms in total. The monoisotopic (exact) mass is 217 g/mol. The van der Waals surface area contributed by atoms with E-state index in [2.05, 4.69) is 20.3 Å². The van der Waals surface area contributed by atoms with Gasteiger partial charge in [0.2, 0.25) is 17.2 Å². The molecular weight excluding hydrogens is 206 g/mol. The molecule has 0 aliphatic carbocycles. The number of hydrogen-bond acceptors (Lipinski definition) is 6. The maximum absolute atomic E-state index is 8.68. The number of anilines is 2. The Labute approximate surface area is 86.5 Å². The zero-order chi connectivity index (χ0) is 10.6. The maximum atomic E-state index is 8.68. The summed E-state index contributed by atoms with van der Waals surface area (Å²) in [5, 5.41) is 11.7. The number of hydrogen-bond donors (Lipinski definition) is 3. The molecule has 0 saturated carbocycles. The van der Waals surface area contributed by atoms with E-state index in [1.165, 1.54) is 0 Å². The SMILES string of the molecule is CC(CCO)Nc1nc(N)nc(Cl)n1. The summed E-state index contributed by atoms with van der Waals surface area (Å²) in [6, 6.07) is 0.0536. The molecule has 78 valence electrons. The highest BCUT2D eigenvalue weighted by atomic mass is 35.5. The molecule has 14 heavy (non-hydrogen) atoms. The van der Waals surface area contributed by atoms with E-state index in [4.69, 9.17) is 22.4 Å². The van der Waals surface area contributed by atoms with Crippen LogP contribution in [0.15, 0.2) is 0 Å². The van der Waals surface area contributed by atoms with Crippen molar-refractivity contribution in [1.29, 1.82) is 0 Å². The van der Waals surface area contributed by atoms with Crippen molar-refractivity contribution in [2.24, 2.45) is 0 Å². The molecule has 1 atom stereocenters. The fourth-order valence-electron chi connectivity index (χ4n) is 0.916. The quantitative estimate of drug-likeness (QED) is 0.671. The summed E-state index contributed by atoms with van der Waals surface area (Å²) < 4.78 is 0. The molecule has 0 amide bonds. The van der Waals surface area contributed by atoms with Gasteiger partial charge >= 0.3 is 0 Å². The zero-order valence-electron chi connectivity index (χ0n) is 7.74. The van der Waals surface area contributed by atoms with E-state index in [0.29, 0.717) is 12.4 Å². The van der Waals surface area contributed by atoms with Crippen LogP contribution in [0, 0.1) is 0 Å². The summed E-state index contributed by atoms with van der Waals surface area (Å²) in [6.07, 6.45) is 0.600. The van der Waals surface area contributed by atoms with Crippen molar-refractivity contribution < 1.29 is 5.11 Å². The third-order valence-electron chi connectivity index (χ3n) is 1.56. The second-order valence-corrected chi connectivity index (χ2v) is 3.18. The molecule has 1 aromatic rings. The summed E-state index contributed by atoms with van der Waals surface area (Å²) in [7, 11) is 0. The first-order valence-electron chi connectivity index (χ1n) is 4.16. The predicted molar refractivity (Wildman–Crippen MR) is 54.0 cm³/mol. The highest BCUT2D eigenvalue weighted by Crippen LogP contribution is 2.08. The van der Waals surface area contributed by atoms with Gasteiger partial charge in [-0.3, -0.25) is 0 Å². The van der Waals surface area contributed by atoms with Crippen LogP contribution in [-0.4, -0.2) is 32.7 Å². The Morgan fingerprint density at radius 2 is 2.21 bits per heavy atom. The normalized spacial score (nSPS) is 12.5. The largest absolute Gasteiger partial charge is 0.396 e. The Morgan fingerprint density at radius 3 is 2.79 bits per heavy atom. The van der Waals surface area contributed by atoms with Gasteiger partial charge in [0.25, 0.3) is 0 Å². The van der Waals surface area contributed by atoms with Gasteiger partial charge in [-0.05, 0) is 24.9 Å². The fourth-order valence-corrected chi connectivity index (χ4v) is 1.08. The zero-order valence-corrected chi connectivity index (χ0v) is 8.49. The van der Waals surface area contributed by atoms with Crippen molar-refractivity contribution in [3.8, 4) is 0 Å². The van der Waals surface area contributed by atoms with E-state index >= 15 is 0 Å². The van der Waals surface area contributed by atoms with Crippen molar-refractivity contribution in [2.75, 3.05) is 17.7 Å². The van der Waals surface area contributed by atoms with E-state index in [0.717, 1.165) is 0 Å². The topological polar surface area (TPSA) is 97.0 Å². The molecule has 0 radical (unpaired) electrons. The first-order chi connectivity index (χ1) is 6.61. The van der Waals surface area contributed by atoms with Crippen LogP contribution in [0.25, 0.3) is 0 Å². The van der Waals surface area contributed by atoms with Gasteiger partial charge in [0.15, 0.2) is 0 Å². The van der Waals surface area contributed by atoms with Crippen LogP contribution in [0.2, 0.25) is 5.28 Å². The lowest BCUT2D eigenvalue weighted by atomic mass is 10.2. The standard InChI is InChI=1S/C7H12ClN5O/c1-4(2-3-14)10-7-12-5(8)11-6(9)13-7/h4,14H,2-3H2,1H3,(H3,9,10,11,12,13). The molecule has 1 rings (SSSR count). The van der Waals surface area contributed by atoms with Gasteiger partial charge in [0.05, 0.1) is 0 Å². The smallest absolute Gasteiger partial charge is 0.229 e. The molecule has 7 heteroatoms. The molecule has 1 unspecified atom stereocenters. The lowest BCUT2D eigenvalue weighted by Gasteiger charge is -2.11. The van der Waals surface area contributed by atoms with E-state index in [9.17, 15) is 0 Å². The van der Waals surface area contributed by atoms with Crippen LogP contribution in [0.4, 0.5) is 11.9 Å². The number of halogens is 1. The van der Waals surface area contributed by atoms with Crippen molar-refractivity contribution in [1.82, 2.24) is 15.0 Å². The molecule has 0 aliphatic rings. The van der Waals surface area contributed by atoms with Crippen molar-refractivity contribution in [3.63, 3.8) is 0 Å². The number of nitrogens with zero attached hydrogens (tertiary/aromatic N) is 3. The average Bonchev–Trinajstić information content (AvgIpc) is 2.01. The Balaban J connectivity index is 2.66. The Morgan fingerprint density at radius 1 is 1.50 bits per heavy atom. The highest BCUT2D eigenvalue weighted by Gasteiger charge is 2.05. The van der Waals surface area contributed by atoms with Crippen molar-refractivity contribution >= 4 is 23.5 Å². The van der Waals surface area contributed by atoms with E-state index in [1.54, 1.807) is 0 Å². The summed E-state index contributed by atoms with van der Waals surface area (Å²) in [5.41, 5.74) is 5.37. The van der Waals surface area contributed by atoms with Crippen LogP contribution in [0.1, 0.15) is 13.3 Å². The Bertz CT molecular complexity index is 288. The summed E-state index contributed by atoms with van der Waals surface area (Å²) in [4.78, 5) is 11.3. The summed E-state index contributed by atoms with van der Waals surface area (Å²) >= 11 is 5.58. The predicted octanol–water partition coefficient (Wildman–Crippen LogP) is 0.290. The van der Waals surface area contributed by atoms with Gasteiger partial charge in [-0.1, -0.05) is 0 Å². The van der Waals surface area contributed by atoms with Gasteiger partial charge in [-0.2, -0.15) is 15.0 Å². The molecular formula is C7H12ClN5O. The minimum Gasteiger partial charge on any atom is -0.396 e. The Kier molecular flexibility index (Phi) is 3.84. The number of nitrogens with one attached hydrogen (secondary N) is 1. The average molecular weight is 218 g/mol. The summed E-state index contributed by atoms with van der Waals surface area (Å²) in [6.45, 7) is 1.99. The molecule has 1 heterocycles. The van der Waals surface area contributed by atoms with E-state index < -0.39 is 0 Å². The molecule has 0 bridgehead atoms. The number of aliphatic hydroxyl groups is 1. The second-order valence-electron chi connectivity index (χ2n) is 2.84. The number of rotatable bonds is 4. The molecule has 4 N–H and O–H groups in total. The number of aliphatic hydroxyl groups excluding tert-OH is 1. The van der Waals surface area contributed by atoms with Gasteiger partial charge in [-0.25, -0.2) is 0 Å². The molecule has 0 fully saturated rings. The van der Waals surface area contributed by atoms with E-state index in [-0.39, 0.29) is 23.9 Å². The van der Waals surface area contributed by atoms with Crippen LogP contribution in [-0.2, 0) is 0 Å². The summed E-state index contributed by atoms with van der Waals surface area (Å²) in [5.74, 6) is 0.396. The van der Waals surface area contributed by atoms with Crippen LogP contribution >= 0.6 is 11.6 Å². The number of aromatic nitrogens is 3. The van der Waals surface area contributed by atoms with Gasteiger partial charge in [0.1, 0.15) is 0 Å². The maximum Gasteiger partial charge on any atom is 0.229 e. The van der Waals surface area contributed by atoms with Crippen molar-refractivity contribution in [3.05, 3.63) is 5.28 Å². The first kappa shape index (κ1) is 10.9. The number of nitrogens with two attached hydrogens (primary N) is 1. The lowest BCUT2D eigenvalue weighted by molar-refractivity contribution is 0.282. The van der Waals surface area contributed by atoms with Gasteiger partial charge in [0, 0.05) is 12.6 Å². The van der Waals surface area contributed by atoms with Crippen LogP contribution in [0.3, 0.4) is 0 Å². The third-order valence-corrected chi connectivity index (χ3v) is 1.73. The molecule has 0 aliphatic heterocycles. The van der Waals surface area contributed by atoms with Gasteiger partial charge < -0.3 is 16.2 Å². The lowest BCUT2D eigenvalue weighted by Crippen LogP contribution is -2.19. The first-order valence-corrected chi connectivity index (χ1v) is 4.54. The van der Waals surface area contributed by atoms with E-state index in [1.807, 2.05) is 6.92 Å². The Hall–Kier alpha value is -1.14. The van der Waals surface area contributed by atoms with Crippen LogP contribution < -0.4 is 11.1 Å².